The van der Waals surface area contributed by atoms with Gasteiger partial charge < -0.3 is 21.2 Å². The molecule has 0 spiro atoms. The van der Waals surface area contributed by atoms with Crippen LogP contribution in [-0.2, 0) is 0 Å². The first-order chi connectivity index (χ1) is 8.21. The highest BCUT2D eigenvalue weighted by atomic mass is 16.5. The molecule has 2 rings (SSSR count). The van der Waals surface area contributed by atoms with Crippen LogP contribution in [0.3, 0.4) is 0 Å². The molecule has 3 N–H and O–H groups in total. The molecule has 0 radical (unpaired) electrons. The Balaban J connectivity index is 2.89. The van der Waals surface area contributed by atoms with Gasteiger partial charge >= 0.3 is 0 Å². The minimum atomic E-state index is 0.805. The van der Waals surface area contributed by atoms with Crippen LogP contribution in [0.2, 0.25) is 0 Å². The summed E-state index contributed by atoms with van der Waals surface area (Å²) in [5.41, 5.74) is 2.73. The van der Waals surface area contributed by atoms with Crippen LogP contribution in [0.5, 0.6) is 0 Å². The minimum absolute atomic E-state index is 0.805. The summed E-state index contributed by atoms with van der Waals surface area (Å²) in [6.45, 7) is 0. The van der Waals surface area contributed by atoms with Crippen LogP contribution in [0.15, 0.2) is 24.5 Å². The fourth-order valence-corrected chi connectivity index (χ4v) is 2.02. The van der Waals surface area contributed by atoms with E-state index >= 15 is 0 Å². The average molecular weight is 232 g/mol. The van der Waals surface area contributed by atoms with Gasteiger partial charge in [-0.3, -0.25) is 0 Å². The zero-order valence-corrected chi connectivity index (χ0v) is 10.2. The Kier molecular flexibility index (Phi) is 2.91. The molecule has 2 aromatic rings. The van der Waals surface area contributed by atoms with Gasteiger partial charge in [-0.1, -0.05) is 0 Å². The smallest absolute Gasteiger partial charge is 0.204 e. The number of hydrogen-bond donors (Lipinski definition) is 3. The Labute approximate surface area is 100 Å². The molecule has 0 aliphatic heterocycles. The van der Waals surface area contributed by atoms with E-state index in [9.17, 15) is 5.21 Å². The summed E-state index contributed by atoms with van der Waals surface area (Å²) >= 11 is 0. The summed E-state index contributed by atoms with van der Waals surface area (Å²) in [5.74, 6) is 0. The van der Waals surface area contributed by atoms with Gasteiger partial charge in [-0.05, 0) is 12.1 Å². The van der Waals surface area contributed by atoms with E-state index in [0.717, 1.165) is 32.6 Å². The van der Waals surface area contributed by atoms with E-state index in [-0.39, 0.29) is 0 Å². The molecule has 0 aliphatic carbocycles. The SMILES string of the molecule is CNc1ccc(NC)c2c(NC)c[n+]([O-])cc12. The van der Waals surface area contributed by atoms with Gasteiger partial charge in [-0.15, -0.1) is 0 Å². The molecule has 17 heavy (non-hydrogen) atoms. The molecule has 0 aliphatic rings. The Bertz CT molecular complexity index is 554. The van der Waals surface area contributed by atoms with Crippen molar-refractivity contribution in [1.82, 2.24) is 0 Å². The number of anilines is 3. The van der Waals surface area contributed by atoms with Gasteiger partial charge in [0.25, 0.3) is 0 Å². The van der Waals surface area contributed by atoms with Crippen molar-refractivity contribution in [2.45, 2.75) is 0 Å². The lowest BCUT2D eigenvalue weighted by Crippen LogP contribution is -2.25. The molecule has 0 amide bonds. The predicted octanol–water partition coefficient (Wildman–Crippen LogP) is 1.60. The van der Waals surface area contributed by atoms with E-state index in [0.29, 0.717) is 0 Å². The van der Waals surface area contributed by atoms with E-state index in [1.54, 1.807) is 13.2 Å². The van der Waals surface area contributed by atoms with Crippen molar-refractivity contribution in [3.8, 4) is 0 Å². The second-order valence-electron chi connectivity index (χ2n) is 3.73. The highest BCUT2D eigenvalue weighted by Crippen LogP contribution is 2.33. The Morgan fingerprint density at radius 3 is 2.06 bits per heavy atom. The maximum absolute atomic E-state index is 11.6. The largest absolute Gasteiger partial charge is 0.619 e. The highest BCUT2D eigenvalue weighted by molar-refractivity contribution is 6.07. The summed E-state index contributed by atoms with van der Waals surface area (Å²) in [6, 6.07) is 3.94. The zero-order chi connectivity index (χ0) is 12.4. The van der Waals surface area contributed by atoms with Crippen molar-refractivity contribution in [1.29, 1.82) is 0 Å². The number of nitrogens with one attached hydrogen (secondary N) is 3. The third kappa shape index (κ3) is 1.80. The fraction of sp³-hybridized carbons (Fsp3) is 0.250. The molecule has 0 atom stereocenters. The Morgan fingerprint density at radius 2 is 1.47 bits per heavy atom. The van der Waals surface area contributed by atoms with E-state index in [1.165, 1.54) is 6.20 Å². The molecular weight excluding hydrogens is 216 g/mol. The van der Waals surface area contributed by atoms with Crippen molar-refractivity contribution in [3.05, 3.63) is 29.7 Å². The second-order valence-corrected chi connectivity index (χ2v) is 3.73. The molecule has 0 saturated carbocycles. The fourth-order valence-electron chi connectivity index (χ4n) is 2.02. The molecule has 0 unspecified atom stereocenters. The molecule has 5 heteroatoms. The van der Waals surface area contributed by atoms with Crippen LogP contribution in [0, 0.1) is 5.21 Å². The highest BCUT2D eigenvalue weighted by Gasteiger charge is 2.12. The van der Waals surface area contributed by atoms with Gasteiger partial charge in [0.1, 0.15) is 5.69 Å². The van der Waals surface area contributed by atoms with Crippen LogP contribution in [0.1, 0.15) is 0 Å². The lowest BCUT2D eigenvalue weighted by molar-refractivity contribution is -0.603. The van der Waals surface area contributed by atoms with Crippen LogP contribution >= 0.6 is 0 Å². The molecule has 0 saturated heterocycles. The average Bonchev–Trinajstić information content (AvgIpc) is 2.36. The molecule has 1 aromatic carbocycles. The Hall–Kier alpha value is -2.17. The van der Waals surface area contributed by atoms with Gasteiger partial charge in [0.15, 0.2) is 6.20 Å². The lowest BCUT2D eigenvalue weighted by Gasteiger charge is -2.13. The summed E-state index contributed by atoms with van der Waals surface area (Å²) in [5, 5.41) is 22.7. The van der Waals surface area contributed by atoms with Crippen molar-refractivity contribution >= 4 is 27.8 Å². The lowest BCUT2D eigenvalue weighted by atomic mass is 10.1. The van der Waals surface area contributed by atoms with Gasteiger partial charge in [0.2, 0.25) is 6.20 Å². The summed E-state index contributed by atoms with van der Waals surface area (Å²) in [6.07, 6.45) is 3.10. The second kappa shape index (κ2) is 4.37. The molecule has 1 aromatic heterocycles. The summed E-state index contributed by atoms with van der Waals surface area (Å²) in [4.78, 5) is 0. The van der Waals surface area contributed by atoms with Gasteiger partial charge in [0, 0.05) is 37.9 Å². The third-order valence-corrected chi connectivity index (χ3v) is 2.84. The van der Waals surface area contributed by atoms with Gasteiger partial charge in [-0.25, -0.2) is 0 Å². The predicted molar refractivity (Wildman–Crippen MR) is 71.5 cm³/mol. The van der Waals surface area contributed by atoms with E-state index in [1.807, 2.05) is 26.2 Å². The number of fused-ring (bicyclic) bond motifs is 1. The molecule has 1 heterocycles. The molecular formula is C12H16N4O. The molecule has 90 valence electrons. The topological polar surface area (TPSA) is 63.0 Å². The standard InChI is InChI=1S/C12H16N4O/c1-13-9-4-5-10(14-2)12-8(9)6-16(17)7-11(12)15-3/h4-7,13-15H,1-3H3. The number of aromatic nitrogens is 1. The number of nitrogens with zero attached hydrogens (tertiary/aromatic N) is 1. The van der Waals surface area contributed by atoms with Crippen molar-refractivity contribution < 1.29 is 4.73 Å². The van der Waals surface area contributed by atoms with Crippen LogP contribution < -0.4 is 20.7 Å². The van der Waals surface area contributed by atoms with Crippen LogP contribution in [-0.4, -0.2) is 21.1 Å². The Morgan fingerprint density at radius 1 is 0.882 bits per heavy atom. The monoisotopic (exact) mass is 232 g/mol. The minimum Gasteiger partial charge on any atom is -0.619 e. The van der Waals surface area contributed by atoms with Crippen molar-refractivity contribution in [2.24, 2.45) is 0 Å². The van der Waals surface area contributed by atoms with Crippen molar-refractivity contribution in [3.63, 3.8) is 0 Å². The first kappa shape index (κ1) is 11.3. The van der Waals surface area contributed by atoms with Crippen LogP contribution in [0.4, 0.5) is 17.1 Å². The quantitative estimate of drug-likeness (QED) is 0.555. The molecule has 0 bridgehead atoms. The van der Waals surface area contributed by atoms with Gasteiger partial charge in [0.05, 0.1) is 5.39 Å². The van der Waals surface area contributed by atoms with Gasteiger partial charge in [-0.2, -0.15) is 4.73 Å². The number of pyridine rings is 1. The maximum Gasteiger partial charge on any atom is 0.204 e. The number of benzene rings is 1. The van der Waals surface area contributed by atoms with E-state index in [4.69, 9.17) is 0 Å². The van der Waals surface area contributed by atoms with E-state index in [2.05, 4.69) is 16.0 Å². The molecule has 0 fully saturated rings. The van der Waals surface area contributed by atoms with Crippen LogP contribution in [0.25, 0.3) is 10.8 Å². The molecule has 5 nitrogen and oxygen atoms in total. The first-order valence-electron chi connectivity index (χ1n) is 5.44. The number of rotatable bonds is 3. The third-order valence-electron chi connectivity index (χ3n) is 2.84. The summed E-state index contributed by atoms with van der Waals surface area (Å²) in [7, 11) is 5.51. The summed E-state index contributed by atoms with van der Waals surface area (Å²) < 4.78 is 0.814. The zero-order valence-electron chi connectivity index (χ0n) is 10.2. The van der Waals surface area contributed by atoms with Crippen molar-refractivity contribution in [2.75, 3.05) is 37.1 Å². The number of hydrogen-bond acceptors (Lipinski definition) is 4. The maximum atomic E-state index is 11.6. The van der Waals surface area contributed by atoms with E-state index < -0.39 is 0 Å². The normalized spacial score (nSPS) is 10.3. The first-order valence-corrected chi connectivity index (χ1v) is 5.44.